The summed E-state index contributed by atoms with van der Waals surface area (Å²) in [5, 5.41) is 12.0. The van der Waals surface area contributed by atoms with Crippen LogP contribution in [0.2, 0.25) is 0 Å². The Balaban J connectivity index is 2.36. The Kier molecular flexibility index (Phi) is 4.11. The summed E-state index contributed by atoms with van der Waals surface area (Å²) in [5.41, 5.74) is -0.794. The number of nitrogens with zero attached hydrogens (tertiary/aromatic N) is 1. The lowest BCUT2D eigenvalue weighted by Crippen LogP contribution is -2.50. The quantitative estimate of drug-likeness (QED) is 0.690. The van der Waals surface area contributed by atoms with E-state index in [1.54, 1.807) is 14.0 Å². The van der Waals surface area contributed by atoms with E-state index < -0.39 is 11.5 Å². The van der Waals surface area contributed by atoms with Crippen molar-refractivity contribution in [2.75, 3.05) is 20.6 Å². The molecule has 1 saturated carbocycles. The minimum absolute atomic E-state index is 0.645. The van der Waals surface area contributed by atoms with Gasteiger partial charge in [-0.05, 0) is 40.3 Å². The third-order valence-corrected chi connectivity index (χ3v) is 3.69. The van der Waals surface area contributed by atoms with E-state index in [0.717, 1.165) is 6.54 Å². The van der Waals surface area contributed by atoms with Crippen molar-refractivity contribution in [2.45, 2.75) is 44.2 Å². The van der Waals surface area contributed by atoms with Crippen LogP contribution in [0.3, 0.4) is 0 Å². The van der Waals surface area contributed by atoms with E-state index in [0.29, 0.717) is 12.5 Å². The second-order valence-electron chi connectivity index (χ2n) is 4.70. The summed E-state index contributed by atoms with van der Waals surface area (Å²) in [7, 11) is 3.79. The highest BCUT2D eigenvalue weighted by atomic mass is 16.4. The maximum Gasteiger partial charge on any atom is 0.323 e. The van der Waals surface area contributed by atoms with Gasteiger partial charge in [-0.15, -0.1) is 0 Å². The molecule has 15 heavy (non-hydrogen) atoms. The van der Waals surface area contributed by atoms with Gasteiger partial charge < -0.3 is 15.3 Å². The lowest BCUT2D eigenvalue weighted by Gasteiger charge is -2.36. The molecule has 2 N–H and O–H groups in total. The normalized spacial score (nSPS) is 21.1. The average molecular weight is 214 g/mol. The lowest BCUT2D eigenvalue weighted by atomic mass is 9.90. The predicted molar refractivity (Wildman–Crippen MR) is 60.0 cm³/mol. The Morgan fingerprint density at radius 1 is 1.60 bits per heavy atom. The molecular formula is C11H22N2O2. The minimum Gasteiger partial charge on any atom is -0.480 e. The number of hydrogen-bond donors (Lipinski definition) is 2. The van der Waals surface area contributed by atoms with Crippen LogP contribution in [0.5, 0.6) is 0 Å². The van der Waals surface area contributed by atoms with Crippen LogP contribution in [0.1, 0.15) is 32.6 Å². The highest BCUT2D eigenvalue weighted by Crippen LogP contribution is 2.24. The van der Waals surface area contributed by atoms with E-state index in [9.17, 15) is 4.79 Å². The Morgan fingerprint density at radius 2 is 2.20 bits per heavy atom. The first-order chi connectivity index (χ1) is 6.99. The average Bonchev–Trinajstić information content (AvgIpc) is 2.11. The molecular weight excluding hydrogens is 192 g/mol. The highest BCUT2D eigenvalue weighted by Gasteiger charge is 2.32. The number of likely N-dealkylation sites (N-methyl/N-ethyl adjacent to an activating group) is 1. The van der Waals surface area contributed by atoms with Gasteiger partial charge in [0.2, 0.25) is 0 Å². The summed E-state index contributed by atoms with van der Waals surface area (Å²) in [4.78, 5) is 13.3. The monoisotopic (exact) mass is 214 g/mol. The van der Waals surface area contributed by atoms with Gasteiger partial charge in [0, 0.05) is 12.6 Å². The molecule has 0 aliphatic heterocycles. The van der Waals surface area contributed by atoms with E-state index in [1.807, 2.05) is 0 Å². The van der Waals surface area contributed by atoms with Crippen molar-refractivity contribution in [2.24, 2.45) is 0 Å². The minimum atomic E-state index is -0.794. The van der Waals surface area contributed by atoms with Gasteiger partial charge in [0.1, 0.15) is 5.54 Å². The first kappa shape index (κ1) is 12.5. The predicted octanol–water partition coefficient (Wildman–Crippen LogP) is 0.923. The second-order valence-corrected chi connectivity index (χ2v) is 4.70. The van der Waals surface area contributed by atoms with Crippen molar-refractivity contribution in [3.8, 4) is 0 Å². The Bertz CT molecular complexity index is 229. The maximum absolute atomic E-state index is 11.0. The molecule has 0 spiro atoms. The fourth-order valence-corrected chi connectivity index (χ4v) is 1.75. The summed E-state index contributed by atoms with van der Waals surface area (Å²) in [6.07, 6.45) is 4.49. The summed E-state index contributed by atoms with van der Waals surface area (Å²) in [6, 6.07) is 0.680. The highest BCUT2D eigenvalue weighted by molar-refractivity contribution is 5.78. The van der Waals surface area contributed by atoms with Gasteiger partial charge in [0.15, 0.2) is 0 Å². The number of aliphatic carboxylic acids is 1. The molecule has 88 valence electrons. The first-order valence-electron chi connectivity index (χ1n) is 5.62. The molecule has 1 aliphatic rings. The van der Waals surface area contributed by atoms with E-state index in [2.05, 4.69) is 17.3 Å². The Morgan fingerprint density at radius 3 is 2.53 bits per heavy atom. The molecule has 0 bridgehead atoms. The summed E-state index contributed by atoms with van der Waals surface area (Å²) >= 11 is 0. The number of rotatable bonds is 6. The third-order valence-electron chi connectivity index (χ3n) is 3.69. The fraction of sp³-hybridized carbons (Fsp3) is 0.909. The molecule has 1 fully saturated rings. The molecule has 0 saturated heterocycles. The van der Waals surface area contributed by atoms with Crippen LogP contribution in [0.25, 0.3) is 0 Å². The zero-order valence-electron chi connectivity index (χ0n) is 9.92. The summed E-state index contributed by atoms with van der Waals surface area (Å²) < 4.78 is 0. The van der Waals surface area contributed by atoms with Gasteiger partial charge in [-0.3, -0.25) is 4.79 Å². The smallest absolute Gasteiger partial charge is 0.323 e. The molecule has 1 aliphatic carbocycles. The van der Waals surface area contributed by atoms with E-state index in [4.69, 9.17) is 5.11 Å². The van der Waals surface area contributed by atoms with Gasteiger partial charge in [-0.1, -0.05) is 6.42 Å². The largest absolute Gasteiger partial charge is 0.480 e. The molecule has 0 heterocycles. The van der Waals surface area contributed by atoms with Crippen LogP contribution in [0, 0.1) is 0 Å². The summed E-state index contributed by atoms with van der Waals surface area (Å²) in [5.74, 6) is -0.771. The fourth-order valence-electron chi connectivity index (χ4n) is 1.75. The number of carbonyl (C=O) groups is 1. The number of hydrogen-bond acceptors (Lipinski definition) is 3. The Hall–Kier alpha value is -0.610. The molecule has 0 aromatic carbocycles. The van der Waals surface area contributed by atoms with Crippen molar-refractivity contribution in [3.05, 3.63) is 0 Å². The first-order valence-corrected chi connectivity index (χ1v) is 5.62. The molecule has 4 nitrogen and oxygen atoms in total. The molecule has 1 unspecified atom stereocenters. The van der Waals surface area contributed by atoms with Crippen molar-refractivity contribution >= 4 is 5.97 Å². The molecule has 4 heteroatoms. The van der Waals surface area contributed by atoms with Gasteiger partial charge in [-0.2, -0.15) is 0 Å². The number of carboxylic acid groups (broad SMARTS) is 1. The molecule has 0 radical (unpaired) electrons. The standard InChI is InChI=1S/C11H22N2O2/c1-11(12-2,10(14)15)7-8-13(3)9-5-4-6-9/h9,12H,4-8H2,1-3H3,(H,14,15). The molecule has 1 atom stereocenters. The molecule has 0 aromatic heterocycles. The maximum atomic E-state index is 11.0. The zero-order valence-corrected chi connectivity index (χ0v) is 9.92. The Labute approximate surface area is 91.6 Å². The van der Waals surface area contributed by atoms with Gasteiger partial charge >= 0.3 is 5.97 Å². The van der Waals surface area contributed by atoms with Crippen LogP contribution in [0.15, 0.2) is 0 Å². The SMILES string of the molecule is CNC(C)(CCN(C)C1CCC1)C(=O)O. The van der Waals surface area contributed by atoms with Crippen LogP contribution in [-0.4, -0.2) is 48.2 Å². The molecule has 1 rings (SSSR count). The van der Waals surface area contributed by atoms with E-state index in [1.165, 1.54) is 19.3 Å². The van der Waals surface area contributed by atoms with Gasteiger partial charge in [0.25, 0.3) is 0 Å². The summed E-state index contributed by atoms with van der Waals surface area (Å²) in [6.45, 7) is 2.58. The van der Waals surface area contributed by atoms with Crippen LogP contribution in [0.4, 0.5) is 0 Å². The zero-order chi connectivity index (χ0) is 11.5. The van der Waals surface area contributed by atoms with Crippen LogP contribution < -0.4 is 5.32 Å². The van der Waals surface area contributed by atoms with Crippen LogP contribution >= 0.6 is 0 Å². The number of nitrogens with one attached hydrogen (secondary N) is 1. The van der Waals surface area contributed by atoms with Gasteiger partial charge in [-0.25, -0.2) is 0 Å². The topological polar surface area (TPSA) is 52.6 Å². The van der Waals surface area contributed by atoms with Crippen molar-refractivity contribution in [1.29, 1.82) is 0 Å². The van der Waals surface area contributed by atoms with Gasteiger partial charge in [0.05, 0.1) is 0 Å². The molecule has 0 aromatic rings. The van der Waals surface area contributed by atoms with Crippen molar-refractivity contribution in [1.82, 2.24) is 10.2 Å². The lowest BCUT2D eigenvalue weighted by molar-refractivity contribution is -0.144. The second kappa shape index (κ2) is 4.94. The third kappa shape index (κ3) is 2.92. The van der Waals surface area contributed by atoms with Crippen LogP contribution in [-0.2, 0) is 4.79 Å². The number of carboxylic acids is 1. The van der Waals surface area contributed by atoms with E-state index in [-0.39, 0.29) is 0 Å². The van der Waals surface area contributed by atoms with Crippen molar-refractivity contribution < 1.29 is 9.90 Å². The molecule has 0 amide bonds. The van der Waals surface area contributed by atoms with Crippen molar-refractivity contribution in [3.63, 3.8) is 0 Å². The van der Waals surface area contributed by atoms with E-state index >= 15 is 0 Å².